The van der Waals surface area contributed by atoms with Crippen LogP contribution in [0.1, 0.15) is 32.8 Å². The minimum absolute atomic E-state index is 0.119. The Kier molecular flexibility index (Phi) is 4.91. The highest BCUT2D eigenvalue weighted by atomic mass is 16.5. The molecule has 0 fully saturated rings. The lowest BCUT2D eigenvalue weighted by atomic mass is 9.87. The lowest BCUT2D eigenvalue weighted by Crippen LogP contribution is -2.19. The van der Waals surface area contributed by atoms with Crippen molar-refractivity contribution >= 4 is 5.97 Å². The van der Waals surface area contributed by atoms with Crippen molar-refractivity contribution in [1.29, 1.82) is 0 Å². The number of carbonyl (C=O) groups is 1. The zero-order valence-electron chi connectivity index (χ0n) is 12.0. The predicted octanol–water partition coefficient (Wildman–Crippen LogP) is 2.84. The van der Waals surface area contributed by atoms with Crippen molar-refractivity contribution in [2.24, 2.45) is 0 Å². The van der Waals surface area contributed by atoms with Gasteiger partial charge in [0.15, 0.2) is 0 Å². The number of rotatable bonds is 4. The highest BCUT2D eigenvalue weighted by molar-refractivity contribution is 5.72. The van der Waals surface area contributed by atoms with E-state index in [1.165, 1.54) is 5.56 Å². The molecule has 0 aromatic heterocycles. The van der Waals surface area contributed by atoms with E-state index in [1.807, 2.05) is 43.3 Å². The normalized spacial score (nSPS) is 11.7. The summed E-state index contributed by atoms with van der Waals surface area (Å²) in [5.74, 6) is 0.430. The van der Waals surface area contributed by atoms with Crippen molar-refractivity contribution in [3.63, 3.8) is 0 Å². The molecule has 100 valence electrons. The molecule has 0 saturated carbocycles. The fraction of sp³-hybridized carbons (Fsp3) is 0.533. The van der Waals surface area contributed by atoms with Gasteiger partial charge < -0.3 is 9.64 Å². The monoisotopic (exact) mass is 249 g/mol. The van der Waals surface area contributed by atoms with Crippen molar-refractivity contribution < 1.29 is 9.53 Å². The molecule has 0 atom stereocenters. The summed E-state index contributed by atoms with van der Waals surface area (Å²) in [6, 6.07) is 7.73. The standard InChI is InChI=1S/C15H23NO2/c1-15(2,3)12-6-8-13(9-7-12)18-14(17)10-11-16(4)5/h6-9H,10-11H2,1-5H3. The zero-order valence-corrected chi connectivity index (χ0v) is 12.0. The quantitative estimate of drug-likeness (QED) is 0.607. The Balaban J connectivity index is 2.56. The van der Waals surface area contributed by atoms with E-state index in [0.29, 0.717) is 18.7 Å². The van der Waals surface area contributed by atoms with E-state index in [9.17, 15) is 4.79 Å². The van der Waals surface area contributed by atoms with Gasteiger partial charge in [0.05, 0.1) is 6.42 Å². The summed E-state index contributed by atoms with van der Waals surface area (Å²) in [5.41, 5.74) is 1.35. The van der Waals surface area contributed by atoms with Crippen molar-refractivity contribution in [2.45, 2.75) is 32.6 Å². The van der Waals surface area contributed by atoms with E-state index < -0.39 is 0 Å². The average molecular weight is 249 g/mol. The van der Waals surface area contributed by atoms with Crippen molar-refractivity contribution in [3.05, 3.63) is 29.8 Å². The van der Waals surface area contributed by atoms with Crippen LogP contribution in [-0.4, -0.2) is 31.5 Å². The molecule has 0 radical (unpaired) electrons. The minimum Gasteiger partial charge on any atom is -0.426 e. The number of nitrogens with zero attached hydrogens (tertiary/aromatic N) is 1. The first kappa shape index (κ1) is 14.7. The van der Waals surface area contributed by atoms with Gasteiger partial charge in [0.25, 0.3) is 0 Å². The molecule has 1 aromatic rings. The van der Waals surface area contributed by atoms with Gasteiger partial charge in [0.1, 0.15) is 5.75 Å². The van der Waals surface area contributed by atoms with Gasteiger partial charge in [-0.15, -0.1) is 0 Å². The van der Waals surface area contributed by atoms with Gasteiger partial charge in [-0.25, -0.2) is 0 Å². The maximum Gasteiger partial charge on any atom is 0.312 e. The van der Waals surface area contributed by atoms with Crippen LogP contribution in [0.5, 0.6) is 5.75 Å². The number of esters is 1. The van der Waals surface area contributed by atoms with Gasteiger partial charge in [-0.1, -0.05) is 32.9 Å². The third-order valence-corrected chi connectivity index (χ3v) is 2.72. The average Bonchev–Trinajstić information content (AvgIpc) is 2.26. The molecular formula is C15H23NO2. The molecule has 0 amide bonds. The van der Waals surface area contributed by atoms with Crippen LogP contribution in [0.25, 0.3) is 0 Å². The largest absolute Gasteiger partial charge is 0.426 e. The Morgan fingerprint density at radius 2 is 1.72 bits per heavy atom. The second kappa shape index (κ2) is 6.01. The van der Waals surface area contributed by atoms with E-state index in [1.54, 1.807) is 0 Å². The highest BCUT2D eigenvalue weighted by Gasteiger charge is 2.13. The topological polar surface area (TPSA) is 29.5 Å². The number of ether oxygens (including phenoxy) is 1. The minimum atomic E-state index is -0.188. The second-order valence-corrected chi connectivity index (χ2v) is 5.80. The van der Waals surface area contributed by atoms with Gasteiger partial charge in [-0.05, 0) is 37.2 Å². The first-order valence-electron chi connectivity index (χ1n) is 6.25. The molecule has 3 heteroatoms. The summed E-state index contributed by atoms with van der Waals surface area (Å²) >= 11 is 0. The van der Waals surface area contributed by atoms with E-state index in [-0.39, 0.29) is 11.4 Å². The molecule has 0 aliphatic rings. The lowest BCUT2D eigenvalue weighted by molar-refractivity contribution is -0.134. The number of carbonyl (C=O) groups excluding carboxylic acids is 1. The first-order chi connectivity index (χ1) is 8.29. The van der Waals surface area contributed by atoms with Gasteiger partial charge in [0.2, 0.25) is 0 Å². The van der Waals surface area contributed by atoms with Crippen LogP contribution in [0, 0.1) is 0 Å². The van der Waals surface area contributed by atoms with Crippen LogP contribution < -0.4 is 4.74 Å². The van der Waals surface area contributed by atoms with Crippen LogP contribution in [0.4, 0.5) is 0 Å². The Hall–Kier alpha value is -1.35. The molecule has 0 saturated heterocycles. The summed E-state index contributed by atoms with van der Waals surface area (Å²) < 4.78 is 5.27. The van der Waals surface area contributed by atoms with Crippen LogP contribution >= 0.6 is 0 Å². The highest BCUT2D eigenvalue weighted by Crippen LogP contribution is 2.24. The van der Waals surface area contributed by atoms with E-state index in [4.69, 9.17) is 4.74 Å². The Morgan fingerprint density at radius 3 is 2.17 bits per heavy atom. The van der Waals surface area contributed by atoms with Gasteiger partial charge >= 0.3 is 5.97 Å². The third kappa shape index (κ3) is 4.88. The van der Waals surface area contributed by atoms with E-state index >= 15 is 0 Å². The summed E-state index contributed by atoms with van der Waals surface area (Å²) in [7, 11) is 3.87. The molecule has 0 aliphatic heterocycles. The maximum atomic E-state index is 11.5. The van der Waals surface area contributed by atoms with Crippen LogP contribution in [0.15, 0.2) is 24.3 Å². The molecule has 1 aromatic carbocycles. The number of hydrogen-bond acceptors (Lipinski definition) is 3. The molecule has 0 spiro atoms. The summed E-state index contributed by atoms with van der Waals surface area (Å²) in [6.07, 6.45) is 0.411. The Labute approximate surface area is 110 Å². The maximum absolute atomic E-state index is 11.5. The molecule has 0 bridgehead atoms. The zero-order chi connectivity index (χ0) is 13.8. The van der Waals surface area contributed by atoms with Crippen LogP contribution in [0.3, 0.4) is 0 Å². The molecular weight excluding hydrogens is 226 g/mol. The van der Waals surface area contributed by atoms with Crippen LogP contribution in [0.2, 0.25) is 0 Å². The predicted molar refractivity (Wildman–Crippen MR) is 73.9 cm³/mol. The van der Waals surface area contributed by atoms with Crippen molar-refractivity contribution in [1.82, 2.24) is 4.90 Å². The van der Waals surface area contributed by atoms with Crippen LogP contribution in [-0.2, 0) is 10.2 Å². The first-order valence-corrected chi connectivity index (χ1v) is 6.25. The summed E-state index contributed by atoms with van der Waals surface area (Å²) in [6.45, 7) is 7.18. The summed E-state index contributed by atoms with van der Waals surface area (Å²) in [5, 5.41) is 0. The fourth-order valence-corrected chi connectivity index (χ4v) is 1.52. The SMILES string of the molecule is CN(C)CCC(=O)Oc1ccc(C(C)(C)C)cc1. The lowest BCUT2D eigenvalue weighted by Gasteiger charge is -2.19. The number of benzene rings is 1. The molecule has 0 N–H and O–H groups in total. The molecule has 0 aliphatic carbocycles. The van der Waals surface area contributed by atoms with Crippen molar-refractivity contribution in [2.75, 3.05) is 20.6 Å². The summed E-state index contributed by atoms with van der Waals surface area (Å²) in [4.78, 5) is 13.5. The van der Waals surface area contributed by atoms with Gasteiger partial charge in [-0.2, -0.15) is 0 Å². The molecule has 1 rings (SSSR count). The fourth-order valence-electron chi connectivity index (χ4n) is 1.52. The second-order valence-electron chi connectivity index (χ2n) is 5.80. The van der Waals surface area contributed by atoms with Crippen molar-refractivity contribution in [3.8, 4) is 5.75 Å². The van der Waals surface area contributed by atoms with E-state index in [0.717, 1.165) is 0 Å². The third-order valence-electron chi connectivity index (χ3n) is 2.72. The Morgan fingerprint density at radius 1 is 1.17 bits per heavy atom. The van der Waals surface area contributed by atoms with Gasteiger partial charge in [-0.3, -0.25) is 4.79 Å². The molecule has 3 nitrogen and oxygen atoms in total. The molecule has 0 heterocycles. The smallest absolute Gasteiger partial charge is 0.312 e. The number of hydrogen-bond donors (Lipinski definition) is 0. The van der Waals surface area contributed by atoms with E-state index in [2.05, 4.69) is 20.8 Å². The molecule has 18 heavy (non-hydrogen) atoms. The van der Waals surface area contributed by atoms with Gasteiger partial charge in [0, 0.05) is 6.54 Å². The Bertz CT molecular complexity index is 388. The molecule has 0 unspecified atom stereocenters.